The fraction of sp³-hybridized carbons (Fsp3) is 0.367. The first-order valence-corrected chi connectivity index (χ1v) is 13.5. The van der Waals surface area contributed by atoms with Crippen molar-refractivity contribution in [3.8, 4) is 11.1 Å². The van der Waals surface area contributed by atoms with E-state index < -0.39 is 0 Å². The highest BCUT2D eigenvalue weighted by atomic mass is 16.5. The molecule has 9 heteroatoms. The van der Waals surface area contributed by atoms with Gasteiger partial charge in [-0.15, -0.1) is 0 Å². The predicted molar refractivity (Wildman–Crippen MR) is 150 cm³/mol. The van der Waals surface area contributed by atoms with Crippen molar-refractivity contribution >= 4 is 28.5 Å². The summed E-state index contributed by atoms with van der Waals surface area (Å²) in [5.74, 6) is -0.143. The van der Waals surface area contributed by atoms with Crippen LogP contribution in [-0.4, -0.2) is 63.5 Å². The second-order valence-electron chi connectivity index (χ2n) is 9.87. The van der Waals surface area contributed by atoms with Crippen LogP contribution in [-0.2, 0) is 27.4 Å². The highest BCUT2D eigenvalue weighted by Gasteiger charge is 2.23. The van der Waals surface area contributed by atoms with E-state index in [0.29, 0.717) is 19.6 Å². The summed E-state index contributed by atoms with van der Waals surface area (Å²) in [5.41, 5.74) is 5.21. The molecule has 0 unspecified atom stereocenters. The topological polar surface area (TPSA) is 93.5 Å². The van der Waals surface area contributed by atoms with Crippen LogP contribution in [0, 0.1) is 0 Å². The number of amides is 2. The minimum atomic E-state index is -0.0877. The second kappa shape index (κ2) is 12.6. The van der Waals surface area contributed by atoms with Crippen molar-refractivity contribution in [2.24, 2.45) is 0 Å². The zero-order valence-electron chi connectivity index (χ0n) is 22.3. The number of benzene rings is 2. The quantitative estimate of drug-likeness (QED) is 0.381. The van der Waals surface area contributed by atoms with Crippen molar-refractivity contribution in [1.82, 2.24) is 24.9 Å². The largest absolute Gasteiger partial charge is 0.375 e. The molecular weight excluding hydrogens is 492 g/mol. The summed E-state index contributed by atoms with van der Waals surface area (Å²) in [6.45, 7) is 1.67. The Balaban J connectivity index is 1.50. The van der Waals surface area contributed by atoms with Gasteiger partial charge in [0.15, 0.2) is 0 Å². The Labute approximate surface area is 228 Å². The molecule has 0 atom stereocenters. The molecule has 2 amide bonds. The number of methoxy groups -OCH3 is 1. The molecule has 5 rings (SSSR count). The van der Waals surface area contributed by atoms with Gasteiger partial charge < -0.3 is 14.5 Å². The Morgan fingerprint density at radius 2 is 1.59 bits per heavy atom. The van der Waals surface area contributed by atoms with E-state index in [4.69, 9.17) is 4.74 Å². The number of hydrogen-bond donors (Lipinski definition) is 0. The van der Waals surface area contributed by atoms with Crippen LogP contribution >= 0.6 is 0 Å². The molecule has 2 aromatic carbocycles. The lowest BCUT2D eigenvalue weighted by atomic mass is 10.0. The maximum atomic E-state index is 13.7. The zero-order valence-corrected chi connectivity index (χ0v) is 22.3. The van der Waals surface area contributed by atoms with Crippen molar-refractivity contribution in [2.45, 2.75) is 45.2 Å². The number of pyridine rings is 1. The molecule has 202 valence electrons. The molecule has 0 bridgehead atoms. The van der Waals surface area contributed by atoms with Crippen LogP contribution in [0.5, 0.6) is 0 Å². The second-order valence-corrected chi connectivity index (χ2v) is 9.87. The number of rotatable bonds is 5. The Morgan fingerprint density at radius 3 is 2.31 bits per heavy atom. The van der Waals surface area contributed by atoms with Gasteiger partial charge in [-0.05, 0) is 59.9 Å². The fourth-order valence-electron chi connectivity index (χ4n) is 5.07. The zero-order chi connectivity index (χ0) is 27.0. The van der Waals surface area contributed by atoms with Crippen LogP contribution in [0.2, 0.25) is 0 Å². The van der Waals surface area contributed by atoms with Gasteiger partial charge in [0, 0.05) is 44.8 Å². The Morgan fingerprint density at radius 1 is 0.846 bits per heavy atom. The number of aromatic nitrogens is 4. The Kier molecular flexibility index (Phi) is 8.58. The molecule has 0 spiro atoms. The van der Waals surface area contributed by atoms with Crippen molar-refractivity contribution in [3.05, 3.63) is 72.6 Å². The summed E-state index contributed by atoms with van der Waals surface area (Å²) in [7, 11) is 1.54. The number of ether oxygens (including phenoxy) is 1. The molecule has 1 aliphatic heterocycles. The molecule has 39 heavy (non-hydrogen) atoms. The Bertz CT molecular complexity index is 1390. The number of carbonyl (C=O) groups is 2. The van der Waals surface area contributed by atoms with Gasteiger partial charge in [-0.3, -0.25) is 14.6 Å². The predicted octanol–water partition coefficient (Wildman–Crippen LogP) is 4.47. The number of hydrogen-bond acceptors (Lipinski definition) is 6. The van der Waals surface area contributed by atoms with Gasteiger partial charge in [-0.1, -0.05) is 43.5 Å². The number of anilines is 1. The van der Waals surface area contributed by atoms with E-state index >= 15 is 0 Å². The molecule has 0 radical (unpaired) electrons. The van der Waals surface area contributed by atoms with Crippen molar-refractivity contribution in [3.63, 3.8) is 0 Å². The van der Waals surface area contributed by atoms with Gasteiger partial charge in [0.05, 0.1) is 0 Å². The summed E-state index contributed by atoms with van der Waals surface area (Å²) >= 11 is 0. The molecule has 9 nitrogen and oxygen atoms in total. The number of nitrogens with zero attached hydrogens (tertiary/aromatic N) is 6. The van der Waals surface area contributed by atoms with Gasteiger partial charge in [0.1, 0.15) is 24.2 Å². The van der Waals surface area contributed by atoms with E-state index in [2.05, 4.69) is 21.2 Å². The molecule has 0 saturated carbocycles. The fourth-order valence-corrected chi connectivity index (χ4v) is 5.07. The van der Waals surface area contributed by atoms with Gasteiger partial charge in [-0.25, -0.2) is 0 Å². The van der Waals surface area contributed by atoms with Gasteiger partial charge >= 0.3 is 0 Å². The van der Waals surface area contributed by atoms with Crippen molar-refractivity contribution in [1.29, 1.82) is 0 Å². The number of carbonyl (C=O) groups excluding carboxylic acids is 2. The lowest BCUT2D eigenvalue weighted by Gasteiger charge is -2.30. The molecule has 1 aliphatic rings. The maximum absolute atomic E-state index is 13.7. The summed E-state index contributed by atoms with van der Waals surface area (Å²) in [6, 6.07) is 17.6. The van der Waals surface area contributed by atoms with E-state index in [1.807, 2.05) is 64.5 Å². The molecule has 0 aliphatic carbocycles. The molecule has 4 aromatic rings. The van der Waals surface area contributed by atoms with E-state index in [1.54, 1.807) is 6.20 Å². The van der Waals surface area contributed by atoms with Crippen molar-refractivity contribution < 1.29 is 14.3 Å². The highest BCUT2D eigenvalue weighted by Crippen LogP contribution is 2.30. The van der Waals surface area contributed by atoms with Gasteiger partial charge in [-0.2, -0.15) is 15.0 Å². The third-order valence-electron chi connectivity index (χ3n) is 7.06. The Hall–Kier alpha value is -4.11. The first kappa shape index (κ1) is 26.5. The SMILES string of the molecule is COCC(=O)N1CCCCCCCN(C(=O)Cn2nc3ccccc3n2)Cc2cc(-c3cccnc3)ccc21. The smallest absolute Gasteiger partial charge is 0.252 e. The summed E-state index contributed by atoms with van der Waals surface area (Å²) in [6.07, 6.45) is 8.52. The van der Waals surface area contributed by atoms with E-state index in [1.165, 1.54) is 11.9 Å². The standard InChI is InChI=1S/C30H34N6O3/c1-39-22-30(38)35-17-8-4-2-3-7-16-34(29(37)21-36-32-26-11-5-6-12-27(26)33-36)20-25-18-23(13-14-28(25)35)24-10-9-15-31-19-24/h5-6,9-15,18-19H,2-4,7-8,16-17,20-22H2,1H3. The van der Waals surface area contributed by atoms with Crippen molar-refractivity contribution in [2.75, 3.05) is 31.7 Å². The lowest BCUT2D eigenvalue weighted by molar-refractivity contribution is -0.133. The van der Waals surface area contributed by atoms with Crippen LogP contribution in [0.25, 0.3) is 22.2 Å². The minimum absolute atomic E-state index is 0.00493. The minimum Gasteiger partial charge on any atom is -0.375 e. The lowest BCUT2D eigenvalue weighted by Crippen LogP contribution is -2.38. The average Bonchev–Trinajstić information content (AvgIpc) is 3.36. The van der Waals surface area contributed by atoms with Gasteiger partial charge in [0.25, 0.3) is 5.91 Å². The maximum Gasteiger partial charge on any atom is 0.252 e. The first-order chi connectivity index (χ1) is 19.1. The van der Waals surface area contributed by atoms with Crippen LogP contribution < -0.4 is 4.90 Å². The molecular formula is C30H34N6O3. The summed E-state index contributed by atoms with van der Waals surface area (Å²) in [4.78, 5) is 36.3. The normalized spacial score (nSPS) is 14.9. The van der Waals surface area contributed by atoms with E-state index in [0.717, 1.165) is 65.5 Å². The highest BCUT2D eigenvalue weighted by molar-refractivity contribution is 5.95. The summed E-state index contributed by atoms with van der Waals surface area (Å²) < 4.78 is 5.21. The average molecular weight is 527 g/mol. The van der Waals surface area contributed by atoms with E-state index in [-0.39, 0.29) is 25.0 Å². The summed E-state index contributed by atoms with van der Waals surface area (Å²) in [5, 5.41) is 8.98. The monoisotopic (exact) mass is 526 g/mol. The molecule has 0 N–H and O–H groups in total. The van der Waals surface area contributed by atoms with Gasteiger partial charge in [0.2, 0.25) is 5.91 Å². The molecule has 3 heterocycles. The third-order valence-corrected chi connectivity index (χ3v) is 7.06. The van der Waals surface area contributed by atoms with E-state index in [9.17, 15) is 9.59 Å². The van der Waals surface area contributed by atoms with Crippen LogP contribution in [0.1, 0.15) is 37.7 Å². The first-order valence-electron chi connectivity index (χ1n) is 13.5. The van der Waals surface area contributed by atoms with Crippen LogP contribution in [0.4, 0.5) is 5.69 Å². The van der Waals surface area contributed by atoms with Crippen LogP contribution in [0.15, 0.2) is 67.0 Å². The number of fused-ring (bicyclic) bond motifs is 2. The molecule has 0 fully saturated rings. The molecule has 0 saturated heterocycles. The van der Waals surface area contributed by atoms with Crippen LogP contribution in [0.3, 0.4) is 0 Å². The molecule has 2 aromatic heterocycles. The third kappa shape index (κ3) is 6.49.